The number of nitrogens with one attached hydrogen (secondary N) is 1. The summed E-state index contributed by atoms with van der Waals surface area (Å²) in [5, 5.41) is 26.8. The first-order valence-electron chi connectivity index (χ1n) is 9.12. The van der Waals surface area contributed by atoms with Crippen LogP contribution in [0.5, 0.6) is 5.88 Å². The van der Waals surface area contributed by atoms with Crippen LogP contribution in [0, 0.1) is 18.3 Å². The van der Waals surface area contributed by atoms with Crippen molar-refractivity contribution in [3.8, 4) is 28.9 Å². The van der Waals surface area contributed by atoms with Crippen LogP contribution in [-0.2, 0) is 0 Å². The highest BCUT2D eigenvalue weighted by Crippen LogP contribution is 2.33. The van der Waals surface area contributed by atoms with Crippen LogP contribution in [0.15, 0.2) is 42.7 Å². The van der Waals surface area contributed by atoms with Gasteiger partial charge in [0.1, 0.15) is 0 Å². The summed E-state index contributed by atoms with van der Waals surface area (Å²) in [6.07, 6.45) is 6.24. The maximum absolute atomic E-state index is 12.2. The highest BCUT2D eigenvalue weighted by atomic mass is 16.3. The molecule has 7 heteroatoms. The van der Waals surface area contributed by atoms with E-state index in [9.17, 15) is 9.90 Å². The van der Waals surface area contributed by atoms with Crippen molar-refractivity contribution >= 4 is 5.91 Å². The largest absolute Gasteiger partial charge is 0.493 e. The number of aromatic hydroxyl groups is 1. The molecular weight excluding hydrogens is 354 g/mol. The molecule has 0 bridgehead atoms. The van der Waals surface area contributed by atoms with Crippen LogP contribution in [0.3, 0.4) is 0 Å². The molecule has 4 rings (SSSR count). The molecule has 1 fully saturated rings. The lowest BCUT2D eigenvalue weighted by Crippen LogP contribution is -2.39. The van der Waals surface area contributed by atoms with E-state index in [1.165, 1.54) is 10.9 Å². The minimum absolute atomic E-state index is 0.0491. The molecule has 140 valence electrons. The van der Waals surface area contributed by atoms with Crippen LogP contribution in [0.2, 0.25) is 0 Å². The van der Waals surface area contributed by atoms with E-state index in [-0.39, 0.29) is 17.8 Å². The quantitative estimate of drug-likeness (QED) is 0.731. The third kappa shape index (κ3) is 3.21. The Morgan fingerprint density at radius 3 is 2.68 bits per heavy atom. The van der Waals surface area contributed by atoms with Crippen molar-refractivity contribution < 1.29 is 9.90 Å². The number of amides is 1. The third-order valence-corrected chi connectivity index (χ3v) is 5.06. The lowest BCUT2D eigenvalue weighted by Gasteiger charge is -2.26. The number of benzene rings is 1. The second-order valence-corrected chi connectivity index (χ2v) is 6.94. The van der Waals surface area contributed by atoms with E-state index in [4.69, 9.17) is 5.26 Å². The monoisotopic (exact) mass is 373 g/mol. The molecule has 2 heterocycles. The highest BCUT2D eigenvalue weighted by Gasteiger charge is 2.21. The van der Waals surface area contributed by atoms with Gasteiger partial charge in [0, 0.05) is 12.2 Å². The summed E-state index contributed by atoms with van der Waals surface area (Å²) in [6.45, 7) is 1.88. The van der Waals surface area contributed by atoms with Gasteiger partial charge in [-0.2, -0.15) is 15.0 Å². The fraction of sp³-hybridized carbons (Fsp3) is 0.238. The minimum atomic E-state index is -0.137. The Kier molecular flexibility index (Phi) is 4.53. The minimum Gasteiger partial charge on any atom is -0.493 e. The van der Waals surface area contributed by atoms with Gasteiger partial charge >= 0.3 is 0 Å². The molecule has 3 aromatic rings. The Hall–Kier alpha value is -3.66. The molecule has 1 amide bonds. The first-order chi connectivity index (χ1) is 13.6. The molecule has 2 N–H and O–H groups in total. The van der Waals surface area contributed by atoms with Crippen molar-refractivity contribution in [2.75, 3.05) is 0 Å². The lowest BCUT2D eigenvalue weighted by molar-refractivity contribution is 0.0916. The molecule has 1 aromatic carbocycles. The summed E-state index contributed by atoms with van der Waals surface area (Å²) in [6, 6.07) is 10.9. The summed E-state index contributed by atoms with van der Waals surface area (Å²) in [7, 11) is 0. The van der Waals surface area contributed by atoms with E-state index in [1.54, 1.807) is 36.5 Å². The van der Waals surface area contributed by atoms with Crippen LogP contribution in [0.25, 0.3) is 16.9 Å². The average molecular weight is 373 g/mol. The zero-order chi connectivity index (χ0) is 19.7. The molecule has 0 radical (unpaired) electrons. The predicted molar refractivity (Wildman–Crippen MR) is 103 cm³/mol. The number of hydrogen-bond acceptors (Lipinski definition) is 5. The maximum atomic E-state index is 12.2. The van der Waals surface area contributed by atoms with E-state index in [0.717, 1.165) is 30.4 Å². The number of nitrogens with zero attached hydrogens (tertiary/aromatic N) is 4. The number of carbonyl (C=O) groups excluding carboxylic acids is 1. The van der Waals surface area contributed by atoms with Gasteiger partial charge in [-0.05, 0) is 61.6 Å². The molecule has 7 nitrogen and oxygen atoms in total. The Balaban J connectivity index is 1.59. The first-order valence-corrected chi connectivity index (χ1v) is 9.12. The topological polar surface area (TPSA) is 104 Å². The lowest BCUT2D eigenvalue weighted by atomic mass is 9.93. The van der Waals surface area contributed by atoms with Crippen molar-refractivity contribution in [1.29, 1.82) is 5.26 Å². The van der Waals surface area contributed by atoms with Crippen molar-refractivity contribution in [2.24, 2.45) is 0 Å². The van der Waals surface area contributed by atoms with Gasteiger partial charge < -0.3 is 10.4 Å². The summed E-state index contributed by atoms with van der Waals surface area (Å²) < 4.78 is 1.32. The van der Waals surface area contributed by atoms with Crippen molar-refractivity contribution in [1.82, 2.24) is 20.1 Å². The Labute approximate surface area is 162 Å². The van der Waals surface area contributed by atoms with E-state index >= 15 is 0 Å². The van der Waals surface area contributed by atoms with Crippen molar-refractivity contribution in [3.05, 3.63) is 59.4 Å². The number of aromatic nitrogens is 3. The molecule has 1 saturated carbocycles. The smallest absolute Gasteiger partial charge is 0.253 e. The molecule has 1 aliphatic carbocycles. The highest BCUT2D eigenvalue weighted by molar-refractivity contribution is 5.94. The summed E-state index contributed by atoms with van der Waals surface area (Å²) in [4.78, 5) is 16.5. The third-order valence-electron chi connectivity index (χ3n) is 5.06. The number of aryl methyl sites for hydroxylation is 1. The molecule has 0 unspecified atom stereocenters. The summed E-state index contributed by atoms with van der Waals surface area (Å²) in [5.41, 5.74) is 3.25. The van der Waals surface area contributed by atoms with Crippen LogP contribution < -0.4 is 5.32 Å². The molecule has 1 aliphatic rings. The van der Waals surface area contributed by atoms with E-state index in [0.29, 0.717) is 22.5 Å². The maximum Gasteiger partial charge on any atom is 0.253 e. The first kappa shape index (κ1) is 17.7. The van der Waals surface area contributed by atoms with Gasteiger partial charge in [-0.25, -0.2) is 4.98 Å². The Morgan fingerprint density at radius 2 is 2.07 bits per heavy atom. The summed E-state index contributed by atoms with van der Waals surface area (Å²) >= 11 is 0. The molecule has 0 atom stereocenters. The van der Waals surface area contributed by atoms with Crippen LogP contribution >= 0.6 is 0 Å². The van der Waals surface area contributed by atoms with Crippen LogP contribution in [-0.4, -0.2) is 31.8 Å². The van der Waals surface area contributed by atoms with Crippen LogP contribution in [0.4, 0.5) is 0 Å². The molecule has 0 spiro atoms. The number of nitriles is 1. The van der Waals surface area contributed by atoms with Crippen molar-refractivity contribution in [3.63, 3.8) is 0 Å². The van der Waals surface area contributed by atoms with Gasteiger partial charge in [0.15, 0.2) is 5.82 Å². The zero-order valence-corrected chi connectivity index (χ0v) is 15.4. The van der Waals surface area contributed by atoms with Crippen molar-refractivity contribution in [2.45, 2.75) is 32.2 Å². The second-order valence-electron chi connectivity index (χ2n) is 6.94. The summed E-state index contributed by atoms with van der Waals surface area (Å²) in [5.74, 6) is 0.226. The predicted octanol–water partition coefficient (Wildman–Crippen LogP) is 3.10. The fourth-order valence-corrected chi connectivity index (χ4v) is 3.20. The number of hydrogen-bond donors (Lipinski definition) is 2. The van der Waals surface area contributed by atoms with Gasteiger partial charge in [-0.15, -0.1) is 0 Å². The Morgan fingerprint density at radius 1 is 1.25 bits per heavy atom. The van der Waals surface area contributed by atoms with Crippen LogP contribution in [0.1, 0.15) is 40.7 Å². The Bertz CT molecular complexity index is 1080. The number of carbonyl (C=O) groups is 1. The fourth-order valence-electron chi connectivity index (χ4n) is 3.20. The molecular formula is C21H19N5O2. The van der Waals surface area contributed by atoms with Gasteiger partial charge in [0.2, 0.25) is 5.88 Å². The number of rotatable bonds is 4. The van der Waals surface area contributed by atoms with Gasteiger partial charge in [0.25, 0.3) is 5.91 Å². The second kappa shape index (κ2) is 7.16. The van der Waals surface area contributed by atoms with Gasteiger partial charge in [-0.3, -0.25) is 4.79 Å². The van der Waals surface area contributed by atoms with E-state index < -0.39 is 0 Å². The molecule has 0 saturated heterocycles. The molecule has 0 aliphatic heterocycles. The van der Waals surface area contributed by atoms with E-state index in [1.807, 2.05) is 6.92 Å². The number of pyridine rings is 1. The standard InChI is InChI=1S/C21H19N5O2/c1-13-9-14(10-22)5-7-17(13)18-12-24-26(21(18)28)19-8-6-15(11-23-19)20(27)25-16-3-2-4-16/h5-9,11-12,16,28H,2-4H2,1H3,(H,25,27). The van der Waals surface area contributed by atoms with E-state index in [2.05, 4.69) is 21.5 Å². The average Bonchev–Trinajstić information content (AvgIpc) is 3.05. The zero-order valence-electron chi connectivity index (χ0n) is 15.4. The SMILES string of the molecule is Cc1cc(C#N)ccc1-c1cnn(-c2ccc(C(=O)NC3CCC3)cn2)c1O. The molecule has 2 aromatic heterocycles. The molecule has 28 heavy (non-hydrogen) atoms. The van der Waals surface area contributed by atoms with Gasteiger partial charge in [0.05, 0.1) is 29.0 Å². The van der Waals surface area contributed by atoms with Gasteiger partial charge in [-0.1, -0.05) is 6.07 Å². The normalized spacial score (nSPS) is 13.6.